The van der Waals surface area contributed by atoms with E-state index in [9.17, 15) is 0 Å². The van der Waals surface area contributed by atoms with Crippen LogP contribution >= 0.6 is 22.7 Å². The van der Waals surface area contributed by atoms with Gasteiger partial charge < -0.3 is 9.80 Å². The highest BCUT2D eigenvalue weighted by Gasteiger charge is 2.17. The molecule has 52 heavy (non-hydrogen) atoms. The quantitative estimate of drug-likeness (QED) is 0.163. The molecule has 2 nitrogen and oxygen atoms in total. The van der Waals surface area contributed by atoms with Crippen LogP contribution < -0.4 is 9.80 Å². The molecule has 0 aliphatic carbocycles. The number of thiophene rings is 2. The summed E-state index contributed by atoms with van der Waals surface area (Å²) in [4.78, 5) is 4.71. The van der Waals surface area contributed by atoms with E-state index in [0.29, 0.717) is 0 Å². The standard InChI is InChI=1S/C48H32N2S2/c1-4-14-35(15-5-1)49(36-16-6-2-7-17-36)38-20-12-13-33(29-38)34-23-27-46-43(30-34)42-26-24-40(32-48(42)52-46)50(37-18-8-3-9-19-37)39-25-28-47-44(31-39)41-21-10-11-22-45(41)51-47/h1-32H. The predicted molar refractivity (Wildman–Crippen MR) is 227 cm³/mol. The van der Waals surface area contributed by atoms with Crippen LogP contribution in [0.4, 0.5) is 34.1 Å². The van der Waals surface area contributed by atoms with Gasteiger partial charge in [-0.25, -0.2) is 0 Å². The number of para-hydroxylation sites is 3. The van der Waals surface area contributed by atoms with Crippen LogP contribution in [0.3, 0.4) is 0 Å². The third kappa shape index (κ3) is 5.41. The highest BCUT2D eigenvalue weighted by molar-refractivity contribution is 7.26. The van der Waals surface area contributed by atoms with Crippen LogP contribution in [-0.4, -0.2) is 0 Å². The number of benzene rings is 8. The fourth-order valence-corrected chi connectivity index (χ4v) is 9.59. The molecular weight excluding hydrogens is 669 g/mol. The van der Waals surface area contributed by atoms with Crippen molar-refractivity contribution in [2.45, 2.75) is 0 Å². The van der Waals surface area contributed by atoms with Crippen molar-refractivity contribution in [3.8, 4) is 11.1 Å². The van der Waals surface area contributed by atoms with Crippen molar-refractivity contribution in [2.75, 3.05) is 9.80 Å². The number of anilines is 6. The van der Waals surface area contributed by atoms with E-state index in [1.807, 2.05) is 22.7 Å². The molecule has 0 saturated heterocycles. The van der Waals surface area contributed by atoms with Gasteiger partial charge in [0.15, 0.2) is 0 Å². The van der Waals surface area contributed by atoms with E-state index in [2.05, 4.69) is 204 Å². The molecule has 0 aliphatic heterocycles. The molecule has 0 fully saturated rings. The van der Waals surface area contributed by atoms with Crippen molar-refractivity contribution in [3.05, 3.63) is 194 Å². The molecular formula is C48H32N2S2. The maximum atomic E-state index is 2.39. The molecule has 0 radical (unpaired) electrons. The fourth-order valence-electron chi connectivity index (χ4n) is 7.39. The molecule has 10 aromatic rings. The molecule has 10 rings (SSSR count). The SMILES string of the molecule is c1ccc(N(c2ccccc2)c2cccc(-c3ccc4sc5cc(N(c6ccccc6)c6ccc7sc8ccccc8c7c6)ccc5c4c3)c2)cc1. The van der Waals surface area contributed by atoms with E-state index in [0.717, 1.165) is 34.1 Å². The van der Waals surface area contributed by atoms with Crippen molar-refractivity contribution >= 4 is 97.1 Å². The van der Waals surface area contributed by atoms with E-state index in [1.54, 1.807) is 0 Å². The van der Waals surface area contributed by atoms with Crippen molar-refractivity contribution in [3.63, 3.8) is 0 Å². The first-order valence-electron chi connectivity index (χ1n) is 17.5. The minimum absolute atomic E-state index is 1.13. The first kappa shape index (κ1) is 30.6. The third-order valence-corrected chi connectivity index (χ3v) is 12.1. The Morgan fingerprint density at radius 2 is 0.712 bits per heavy atom. The summed E-state index contributed by atoms with van der Waals surface area (Å²) in [6.07, 6.45) is 0. The number of nitrogens with zero attached hydrogens (tertiary/aromatic N) is 2. The lowest BCUT2D eigenvalue weighted by molar-refractivity contribution is 1.28. The normalized spacial score (nSPS) is 11.5. The van der Waals surface area contributed by atoms with Gasteiger partial charge in [-0.15, -0.1) is 22.7 Å². The maximum absolute atomic E-state index is 2.39. The van der Waals surface area contributed by atoms with E-state index in [1.165, 1.54) is 51.5 Å². The van der Waals surface area contributed by atoms with Crippen LogP contribution in [0, 0.1) is 0 Å². The summed E-state index contributed by atoms with van der Waals surface area (Å²) >= 11 is 3.72. The highest BCUT2D eigenvalue weighted by Crippen LogP contribution is 2.44. The molecule has 0 spiro atoms. The average molecular weight is 701 g/mol. The summed E-state index contributed by atoms with van der Waals surface area (Å²) in [5, 5.41) is 5.18. The first-order valence-corrected chi connectivity index (χ1v) is 19.1. The van der Waals surface area contributed by atoms with Gasteiger partial charge in [-0.05, 0) is 108 Å². The Hall–Kier alpha value is -6.20. The zero-order valence-electron chi connectivity index (χ0n) is 28.2. The second kappa shape index (κ2) is 12.8. The summed E-state index contributed by atoms with van der Waals surface area (Å²) in [5.74, 6) is 0. The van der Waals surface area contributed by atoms with E-state index in [-0.39, 0.29) is 0 Å². The van der Waals surface area contributed by atoms with Crippen molar-refractivity contribution in [1.29, 1.82) is 0 Å². The molecule has 0 N–H and O–H groups in total. The Bertz CT molecular complexity index is 2820. The van der Waals surface area contributed by atoms with E-state index in [4.69, 9.17) is 0 Å². The highest BCUT2D eigenvalue weighted by atomic mass is 32.1. The van der Waals surface area contributed by atoms with Gasteiger partial charge in [0.2, 0.25) is 0 Å². The molecule has 0 bridgehead atoms. The Balaban J connectivity index is 1.06. The third-order valence-electron chi connectivity index (χ3n) is 9.81. The Morgan fingerprint density at radius 3 is 1.42 bits per heavy atom. The summed E-state index contributed by atoms with van der Waals surface area (Å²) in [5.41, 5.74) is 9.25. The Kier molecular flexibility index (Phi) is 7.56. The lowest BCUT2D eigenvalue weighted by atomic mass is 10.0. The van der Waals surface area contributed by atoms with Crippen molar-refractivity contribution < 1.29 is 0 Å². The largest absolute Gasteiger partial charge is 0.310 e. The molecule has 2 heterocycles. The molecule has 2 aromatic heterocycles. The molecule has 246 valence electrons. The van der Waals surface area contributed by atoms with Gasteiger partial charge >= 0.3 is 0 Å². The lowest BCUT2D eigenvalue weighted by Crippen LogP contribution is -2.09. The van der Waals surface area contributed by atoms with Crippen LogP contribution in [0.2, 0.25) is 0 Å². The summed E-state index contributed by atoms with van der Waals surface area (Å²) in [7, 11) is 0. The summed E-state index contributed by atoms with van der Waals surface area (Å²) < 4.78 is 5.20. The first-order chi connectivity index (χ1) is 25.8. The van der Waals surface area contributed by atoms with Gasteiger partial charge in [-0.2, -0.15) is 0 Å². The number of rotatable bonds is 7. The maximum Gasteiger partial charge on any atom is 0.0476 e. The number of hydrogen-bond donors (Lipinski definition) is 0. The second-order valence-electron chi connectivity index (χ2n) is 13.0. The van der Waals surface area contributed by atoms with Gasteiger partial charge in [0.25, 0.3) is 0 Å². The minimum atomic E-state index is 1.13. The predicted octanol–water partition coefficient (Wildman–Crippen LogP) is 15.0. The van der Waals surface area contributed by atoms with E-state index >= 15 is 0 Å². The van der Waals surface area contributed by atoms with Crippen LogP contribution in [-0.2, 0) is 0 Å². The molecule has 0 atom stereocenters. The zero-order valence-corrected chi connectivity index (χ0v) is 29.8. The Labute approximate surface area is 310 Å². The topological polar surface area (TPSA) is 6.48 Å². The van der Waals surface area contributed by atoms with Gasteiger partial charge in [0.1, 0.15) is 0 Å². The smallest absolute Gasteiger partial charge is 0.0476 e. The molecule has 8 aromatic carbocycles. The number of hydrogen-bond acceptors (Lipinski definition) is 4. The number of fused-ring (bicyclic) bond motifs is 6. The minimum Gasteiger partial charge on any atom is -0.310 e. The summed E-state index contributed by atoms with van der Waals surface area (Å²) in [6, 6.07) is 70.3. The van der Waals surface area contributed by atoms with Crippen LogP contribution in [0.1, 0.15) is 0 Å². The van der Waals surface area contributed by atoms with Crippen molar-refractivity contribution in [1.82, 2.24) is 0 Å². The van der Waals surface area contributed by atoms with Gasteiger partial charge in [-0.1, -0.05) is 97.1 Å². The molecule has 0 unspecified atom stereocenters. The molecule has 0 amide bonds. The summed E-state index contributed by atoms with van der Waals surface area (Å²) in [6.45, 7) is 0. The molecule has 4 heteroatoms. The van der Waals surface area contributed by atoms with Crippen LogP contribution in [0.5, 0.6) is 0 Å². The lowest BCUT2D eigenvalue weighted by Gasteiger charge is -2.26. The van der Waals surface area contributed by atoms with Crippen molar-refractivity contribution in [2.24, 2.45) is 0 Å². The zero-order chi connectivity index (χ0) is 34.4. The van der Waals surface area contributed by atoms with E-state index < -0.39 is 0 Å². The monoisotopic (exact) mass is 700 g/mol. The van der Waals surface area contributed by atoms with Gasteiger partial charge in [-0.3, -0.25) is 0 Å². The average Bonchev–Trinajstić information content (AvgIpc) is 3.77. The van der Waals surface area contributed by atoms with Gasteiger partial charge in [0, 0.05) is 74.5 Å². The molecule has 0 saturated carbocycles. The fraction of sp³-hybridized carbons (Fsp3) is 0. The van der Waals surface area contributed by atoms with Gasteiger partial charge in [0.05, 0.1) is 0 Å². The molecule has 0 aliphatic rings. The Morgan fingerprint density at radius 1 is 0.250 bits per heavy atom. The van der Waals surface area contributed by atoms with Crippen LogP contribution in [0.15, 0.2) is 194 Å². The second-order valence-corrected chi connectivity index (χ2v) is 15.2. The van der Waals surface area contributed by atoms with Crippen LogP contribution in [0.25, 0.3) is 51.5 Å².